The zero-order chi connectivity index (χ0) is 62.7. The lowest BCUT2D eigenvalue weighted by atomic mass is 10.2. The van der Waals surface area contributed by atoms with E-state index < -0.39 is 0 Å². The number of aromatic nitrogens is 5. The van der Waals surface area contributed by atoms with Gasteiger partial charge in [-0.15, -0.1) is 0 Å². The third-order valence-corrected chi connectivity index (χ3v) is 15.4. The van der Waals surface area contributed by atoms with Crippen molar-refractivity contribution < 1.29 is 0 Å². The van der Waals surface area contributed by atoms with Crippen LogP contribution >= 0.6 is 0 Å². The Hall–Kier alpha value is -8.80. The van der Waals surface area contributed by atoms with Crippen molar-refractivity contribution in [1.82, 2.24) is 22.8 Å². The van der Waals surface area contributed by atoms with Gasteiger partial charge >= 0.3 is 0 Å². The van der Waals surface area contributed by atoms with Crippen LogP contribution in [0.2, 0.25) is 0 Å². The van der Waals surface area contributed by atoms with Gasteiger partial charge in [-0.3, -0.25) is 0 Å². The molecule has 0 unspecified atom stereocenters. The number of nitrogens with zero attached hydrogens (tertiary/aromatic N) is 5. The van der Waals surface area contributed by atoms with Gasteiger partial charge in [0.25, 0.3) is 0 Å². The first-order valence-electron chi connectivity index (χ1n) is 32.8. The minimum absolute atomic E-state index is 1.02. The third kappa shape index (κ3) is 14.7. The van der Waals surface area contributed by atoms with Crippen LogP contribution < -0.4 is 0 Å². The van der Waals surface area contributed by atoms with E-state index in [-0.39, 0.29) is 0 Å². The van der Waals surface area contributed by atoms with Crippen LogP contribution in [0.4, 0.5) is 0 Å². The molecule has 5 aromatic heterocycles. The molecular weight excluding hydrogens is 1050 g/mol. The summed E-state index contributed by atoms with van der Waals surface area (Å²) in [7, 11) is 2.12. The van der Waals surface area contributed by atoms with E-state index in [0.717, 1.165) is 26.2 Å². The second kappa shape index (κ2) is 35.0. The number of rotatable bonds is 7. The van der Waals surface area contributed by atoms with Gasteiger partial charge in [-0.05, 0) is 87.4 Å². The molecule has 0 aliphatic carbocycles. The lowest BCUT2D eigenvalue weighted by molar-refractivity contribution is 0.665. The van der Waals surface area contributed by atoms with Gasteiger partial charge in [0.15, 0.2) is 0 Å². The van der Waals surface area contributed by atoms with E-state index in [2.05, 4.69) is 300 Å². The normalized spacial score (nSPS) is 10.3. The van der Waals surface area contributed by atoms with Crippen LogP contribution in [-0.4, -0.2) is 22.8 Å². The van der Waals surface area contributed by atoms with E-state index in [1.807, 2.05) is 69.2 Å². The Bertz CT molecular complexity index is 4080. The fraction of sp³-hybridized carbons (Fsp3) is 0.268. The highest BCUT2D eigenvalue weighted by Crippen LogP contribution is 2.33. The Labute approximate surface area is 521 Å². The van der Waals surface area contributed by atoms with Crippen molar-refractivity contribution in [2.75, 3.05) is 0 Å². The molecule has 0 aliphatic rings. The van der Waals surface area contributed by atoms with Crippen LogP contribution in [0.5, 0.6) is 0 Å². The Morgan fingerprint density at radius 1 is 0.207 bits per heavy atom. The van der Waals surface area contributed by atoms with Crippen LogP contribution in [0.1, 0.15) is 116 Å². The van der Waals surface area contributed by atoms with E-state index in [9.17, 15) is 0 Å². The van der Waals surface area contributed by atoms with Crippen molar-refractivity contribution in [1.29, 1.82) is 0 Å². The van der Waals surface area contributed by atoms with Crippen LogP contribution in [0.25, 0.3) is 109 Å². The number of hydrogen-bond acceptors (Lipinski definition) is 0. The summed E-state index contributed by atoms with van der Waals surface area (Å²) in [6, 6.07) is 86.2. The predicted molar refractivity (Wildman–Crippen MR) is 391 cm³/mol. The van der Waals surface area contributed by atoms with E-state index in [1.165, 1.54) is 128 Å². The maximum Gasteiger partial charge on any atom is 0.0491 e. The Balaban J connectivity index is 0.000000168. The van der Waals surface area contributed by atoms with Gasteiger partial charge in [0.1, 0.15) is 0 Å². The topological polar surface area (TPSA) is 24.6 Å². The smallest absolute Gasteiger partial charge is 0.0491 e. The van der Waals surface area contributed by atoms with Crippen LogP contribution in [0.15, 0.2) is 243 Å². The van der Waals surface area contributed by atoms with Crippen LogP contribution in [0, 0.1) is 0 Å². The molecule has 5 nitrogen and oxygen atoms in total. The molecule has 10 aromatic carbocycles. The Kier molecular flexibility index (Phi) is 27.1. The highest BCUT2D eigenvalue weighted by molar-refractivity contribution is 6.11. The van der Waals surface area contributed by atoms with Crippen molar-refractivity contribution in [2.24, 2.45) is 7.05 Å². The zero-order valence-corrected chi connectivity index (χ0v) is 55.3. The molecule has 0 saturated carbocycles. The molecule has 0 amide bonds. The van der Waals surface area contributed by atoms with Crippen molar-refractivity contribution in [3.05, 3.63) is 243 Å². The third-order valence-electron chi connectivity index (χ3n) is 15.4. The van der Waals surface area contributed by atoms with Crippen molar-refractivity contribution in [2.45, 2.75) is 142 Å². The van der Waals surface area contributed by atoms with E-state index >= 15 is 0 Å². The molecule has 0 spiro atoms. The first kappa shape index (κ1) is 67.3. The monoisotopic (exact) mass is 1150 g/mol. The largest absolute Gasteiger partial charge is 0.344 e. The number of aryl methyl sites for hydroxylation is 5. The molecule has 87 heavy (non-hydrogen) atoms. The molecule has 0 saturated heterocycles. The Morgan fingerprint density at radius 3 is 0.575 bits per heavy atom. The van der Waals surface area contributed by atoms with Gasteiger partial charge in [0, 0.05) is 142 Å². The van der Waals surface area contributed by atoms with Gasteiger partial charge in [-0.2, -0.15) is 0 Å². The first-order chi connectivity index (χ1) is 43.0. The lowest BCUT2D eigenvalue weighted by Crippen LogP contribution is -1.96. The maximum absolute atomic E-state index is 2.45. The average Bonchev–Trinajstić information content (AvgIpc) is 2.10. The second-order valence-electron chi connectivity index (χ2n) is 19.9. The molecule has 15 rings (SSSR count). The number of fused-ring (bicyclic) bond motifs is 15. The predicted octanol–water partition coefficient (Wildman–Crippen LogP) is 24.9. The number of benzene rings is 10. The zero-order valence-electron chi connectivity index (χ0n) is 55.3. The van der Waals surface area contributed by atoms with E-state index in [0.29, 0.717) is 0 Å². The molecule has 0 atom stereocenters. The highest BCUT2D eigenvalue weighted by Gasteiger charge is 2.12. The van der Waals surface area contributed by atoms with Gasteiger partial charge < -0.3 is 22.8 Å². The fourth-order valence-corrected chi connectivity index (χ4v) is 11.8. The second-order valence-corrected chi connectivity index (χ2v) is 19.9. The summed E-state index contributed by atoms with van der Waals surface area (Å²) < 4.78 is 11.8. The van der Waals surface area contributed by atoms with E-state index in [1.54, 1.807) is 0 Å². The minimum atomic E-state index is 1.02. The summed E-state index contributed by atoms with van der Waals surface area (Å²) in [5, 5.41) is 13.6. The number of unbranched alkanes of at least 4 members (excludes halogenated alkanes) is 1. The van der Waals surface area contributed by atoms with Gasteiger partial charge in [0.2, 0.25) is 0 Å². The maximum atomic E-state index is 2.45. The van der Waals surface area contributed by atoms with Gasteiger partial charge in [0.05, 0.1) is 0 Å². The van der Waals surface area contributed by atoms with E-state index in [4.69, 9.17) is 0 Å². The molecule has 0 aliphatic heterocycles. The highest BCUT2D eigenvalue weighted by atomic mass is 15.0. The first-order valence-corrected chi connectivity index (χ1v) is 32.8. The summed E-state index contributed by atoms with van der Waals surface area (Å²) in [4.78, 5) is 0. The summed E-state index contributed by atoms with van der Waals surface area (Å²) in [5.74, 6) is 0. The summed E-state index contributed by atoms with van der Waals surface area (Å²) in [6.07, 6.45) is 3.65. The average molecular weight is 1150 g/mol. The minimum Gasteiger partial charge on any atom is -0.344 e. The molecule has 5 heteroatoms. The quantitative estimate of drug-likeness (QED) is 0.152. The Morgan fingerprint density at radius 2 is 0.379 bits per heavy atom. The SMILES string of the molecule is CC.CC.CC.CC.CC.CCCCn1c2ccccc2c2ccccc21.CCCn1c2ccccc2c2ccccc21.CCn1c2ccccc2c2ccccc21.CCn1c2ccccc2c2ccccc21.Cn1c2ccccc2c2ccccc21. The van der Waals surface area contributed by atoms with Gasteiger partial charge in [-0.1, -0.05) is 271 Å². The van der Waals surface area contributed by atoms with Crippen LogP contribution in [0.3, 0.4) is 0 Å². The molecule has 15 aromatic rings. The standard InChI is InChI=1S/C16H17N.C15H15N.2C14H13N.C13H11N.5C2H6/c1-2-3-12-17-15-10-6-4-8-13(15)14-9-5-7-11-16(14)17;1-2-11-16-14-9-5-3-7-12(14)13-8-4-6-10-15(13)16;2*1-2-15-13-9-5-3-7-11(13)12-8-4-6-10-14(12)15;1-14-12-8-4-2-6-10(12)11-7-3-5-9-13(11)14;5*1-2/h4-11H,2-3,12H2,1H3;3-10H,2,11H2,1H3;2*3-10H,2H2,1H3;2-9H,1H3;5*1-2H3. The lowest BCUT2D eigenvalue weighted by Gasteiger charge is -2.05. The van der Waals surface area contributed by atoms with Crippen molar-refractivity contribution >= 4 is 109 Å². The molecule has 452 valence electrons. The molecule has 5 heterocycles. The summed E-state index contributed by atoms with van der Waals surface area (Å²) in [5.41, 5.74) is 13.4. The molecule has 0 fully saturated rings. The van der Waals surface area contributed by atoms with Crippen LogP contribution in [-0.2, 0) is 33.2 Å². The number of para-hydroxylation sites is 10. The van der Waals surface area contributed by atoms with Gasteiger partial charge in [-0.25, -0.2) is 0 Å². The summed E-state index contributed by atoms with van der Waals surface area (Å²) in [6.45, 7) is 33.1. The number of hydrogen-bond donors (Lipinski definition) is 0. The molecule has 0 radical (unpaired) electrons. The summed E-state index contributed by atoms with van der Waals surface area (Å²) >= 11 is 0. The van der Waals surface area contributed by atoms with Crippen molar-refractivity contribution in [3.8, 4) is 0 Å². The molecule has 0 N–H and O–H groups in total. The molecular formula is C82H99N5. The fourth-order valence-electron chi connectivity index (χ4n) is 11.8. The molecule has 0 bridgehead atoms. The van der Waals surface area contributed by atoms with Crippen molar-refractivity contribution in [3.63, 3.8) is 0 Å².